The summed E-state index contributed by atoms with van der Waals surface area (Å²) in [6, 6.07) is 8.27. The summed E-state index contributed by atoms with van der Waals surface area (Å²) in [5.41, 5.74) is 1.60. The number of carbonyl (C=O) groups excluding carboxylic acids is 3. The molecule has 1 aromatic heterocycles. The number of nitrogens with zero attached hydrogens (tertiary/aromatic N) is 2. The average Bonchev–Trinajstić information content (AvgIpc) is 3.19. The summed E-state index contributed by atoms with van der Waals surface area (Å²) >= 11 is 1.29. The topological polar surface area (TPSA) is 88.6 Å². The van der Waals surface area contributed by atoms with Gasteiger partial charge in [-0.25, -0.2) is 14.7 Å². The standard InChI is InChI=1S/C17H17N3O4S/c1-11-10-25-16(18-11)19-15(22)13-7-8-14(21)20(13)17(23)24-9-12-5-3-2-4-6-12/h2-6,10,13H,7-9H2,1H3,(H,18,19,22)/t13-/m0/s1. The molecule has 0 radical (unpaired) electrons. The zero-order valence-corrected chi connectivity index (χ0v) is 14.4. The van der Waals surface area contributed by atoms with Gasteiger partial charge in [0.2, 0.25) is 11.8 Å². The zero-order valence-electron chi connectivity index (χ0n) is 13.6. The fourth-order valence-corrected chi connectivity index (χ4v) is 3.24. The first-order valence-corrected chi connectivity index (χ1v) is 8.68. The molecule has 1 aromatic carbocycles. The van der Waals surface area contributed by atoms with Gasteiger partial charge in [-0.1, -0.05) is 30.3 Å². The monoisotopic (exact) mass is 359 g/mol. The lowest BCUT2D eigenvalue weighted by molar-refractivity contribution is -0.131. The summed E-state index contributed by atoms with van der Waals surface area (Å²) in [7, 11) is 0. The van der Waals surface area contributed by atoms with Crippen molar-refractivity contribution in [3.8, 4) is 0 Å². The molecule has 1 atom stereocenters. The summed E-state index contributed by atoms with van der Waals surface area (Å²) < 4.78 is 5.19. The van der Waals surface area contributed by atoms with E-state index in [2.05, 4.69) is 10.3 Å². The third kappa shape index (κ3) is 4.03. The number of thiazole rings is 1. The van der Waals surface area contributed by atoms with Gasteiger partial charge in [0.05, 0.1) is 5.69 Å². The maximum absolute atomic E-state index is 12.4. The van der Waals surface area contributed by atoms with Gasteiger partial charge in [0.25, 0.3) is 0 Å². The smallest absolute Gasteiger partial charge is 0.417 e. The molecule has 8 heteroatoms. The lowest BCUT2D eigenvalue weighted by Crippen LogP contribution is -2.45. The summed E-state index contributed by atoms with van der Waals surface area (Å²) in [5.74, 6) is -0.842. The first-order chi connectivity index (χ1) is 12.0. The molecule has 25 heavy (non-hydrogen) atoms. The van der Waals surface area contributed by atoms with Crippen LogP contribution in [0.4, 0.5) is 9.93 Å². The van der Waals surface area contributed by atoms with Crippen LogP contribution in [0, 0.1) is 6.92 Å². The van der Waals surface area contributed by atoms with Crippen molar-refractivity contribution in [3.63, 3.8) is 0 Å². The van der Waals surface area contributed by atoms with E-state index in [9.17, 15) is 14.4 Å². The van der Waals surface area contributed by atoms with Gasteiger partial charge in [-0.05, 0) is 18.9 Å². The van der Waals surface area contributed by atoms with Crippen LogP contribution in [0.1, 0.15) is 24.1 Å². The molecule has 2 aromatic rings. The number of amides is 3. The molecule has 0 aliphatic carbocycles. The molecule has 1 aliphatic rings. The Morgan fingerprint density at radius 2 is 2.12 bits per heavy atom. The first-order valence-electron chi connectivity index (χ1n) is 7.80. The number of aryl methyl sites for hydroxylation is 1. The highest BCUT2D eigenvalue weighted by Gasteiger charge is 2.41. The third-order valence-corrected chi connectivity index (χ3v) is 4.64. The Labute approximate surface area is 148 Å². The molecule has 7 nitrogen and oxygen atoms in total. The lowest BCUT2D eigenvalue weighted by atomic mass is 10.2. The second-order valence-electron chi connectivity index (χ2n) is 5.64. The van der Waals surface area contributed by atoms with E-state index in [1.807, 2.05) is 37.3 Å². The molecule has 3 rings (SSSR count). The summed E-state index contributed by atoms with van der Waals surface area (Å²) in [6.45, 7) is 1.86. The van der Waals surface area contributed by atoms with Crippen molar-refractivity contribution >= 4 is 34.4 Å². The zero-order chi connectivity index (χ0) is 17.8. The Balaban J connectivity index is 1.64. The summed E-state index contributed by atoms with van der Waals surface area (Å²) in [4.78, 5) is 41.8. The van der Waals surface area contributed by atoms with Crippen molar-refractivity contribution in [2.75, 3.05) is 5.32 Å². The minimum absolute atomic E-state index is 0.0451. The number of nitrogens with one attached hydrogen (secondary N) is 1. The van der Waals surface area contributed by atoms with Crippen LogP contribution in [0.3, 0.4) is 0 Å². The minimum Gasteiger partial charge on any atom is -0.444 e. The molecule has 1 aliphatic heterocycles. The second kappa shape index (κ2) is 7.43. The minimum atomic E-state index is -0.875. The van der Waals surface area contributed by atoms with Crippen molar-refractivity contribution in [2.24, 2.45) is 0 Å². The van der Waals surface area contributed by atoms with Gasteiger partial charge in [-0.3, -0.25) is 9.59 Å². The van der Waals surface area contributed by atoms with Gasteiger partial charge >= 0.3 is 6.09 Å². The van der Waals surface area contributed by atoms with Crippen molar-refractivity contribution in [1.29, 1.82) is 0 Å². The van der Waals surface area contributed by atoms with Crippen LogP contribution in [0.25, 0.3) is 0 Å². The van der Waals surface area contributed by atoms with Crippen LogP contribution >= 0.6 is 11.3 Å². The molecule has 2 heterocycles. The number of hydrogen-bond donors (Lipinski definition) is 1. The van der Waals surface area contributed by atoms with E-state index < -0.39 is 23.9 Å². The van der Waals surface area contributed by atoms with Gasteiger partial charge in [0.15, 0.2) is 5.13 Å². The fraction of sp³-hybridized carbons (Fsp3) is 0.294. The number of anilines is 1. The highest BCUT2D eigenvalue weighted by molar-refractivity contribution is 7.13. The van der Waals surface area contributed by atoms with Gasteiger partial charge < -0.3 is 10.1 Å². The molecule has 0 spiro atoms. The van der Waals surface area contributed by atoms with Gasteiger partial charge in [0, 0.05) is 11.8 Å². The number of hydrogen-bond acceptors (Lipinski definition) is 6. The Morgan fingerprint density at radius 3 is 2.80 bits per heavy atom. The molecule has 1 saturated heterocycles. The predicted octanol–water partition coefficient (Wildman–Crippen LogP) is 2.72. The largest absolute Gasteiger partial charge is 0.444 e. The van der Waals surface area contributed by atoms with Gasteiger partial charge in [-0.15, -0.1) is 11.3 Å². The molecule has 0 saturated carbocycles. The molecule has 130 valence electrons. The highest BCUT2D eigenvalue weighted by Crippen LogP contribution is 2.23. The summed E-state index contributed by atoms with van der Waals surface area (Å²) in [5, 5.41) is 4.90. The fourth-order valence-electron chi connectivity index (χ4n) is 2.55. The van der Waals surface area contributed by atoms with E-state index in [1.165, 1.54) is 11.3 Å². The van der Waals surface area contributed by atoms with Gasteiger partial charge in [0.1, 0.15) is 12.6 Å². The third-order valence-electron chi connectivity index (χ3n) is 3.77. The SMILES string of the molecule is Cc1csc(NC(=O)[C@@H]2CCC(=O)N2C(=O)OCc2ccccc2)n1. The quantitative estimate of drug-likeness (QED) is 0.907. The number of imide groups is 1. The van der Waals surface area contributed by atoms with Gasteiger partial charge in [-0.2, -0.15) is 0 Å². The van der Waals surface area contributed by atoms with Crippen molar-refractivity contribution in [2.45, 2.75) is 32.4 Å². The molecular formula is C17H17N3O4S. The number of likely N-dealkylation sites (tertiary alicyclic amines) is 1. The Morgan fingerprint density at radius 1 is 1.36 bits per heavy atom. The Bertz CT molecular complexity index is 790. The lowest BCUT2D eigenvalue weighted by Gasteiger charge is -2.21. The molecule has 0 unspecified atom stereocenters. The predicted molar refractivity (Wildman–Crippen MR) is 92.0 cm³/mol. The number of rotatable bonds is 4. The number of ether oxygens (including phenoxy) is 1. The first kappa shape index (κ1) is 17.1. The molecule has 1 N–H and O–H groups in total. The molecule has 0 bridgehead atoms. The van der Waals surface area contributed by atoms with Crippen molar-refractivity contribution in [3.05, 3.63) is 47.0 Å². The molecular weight excluding hydrogens is 342 g/mol. The maximum Gasteiger partial charge on any atom is 0.417 e. The number of carbonyl (C=O) groups is 3. The molecule has 3 amide bonds. The van der Waals surface area contributed by atoms with E-state index in [0.717, 1.165) is 16.2 Å². The van der Waals surface area contributed by atoms with E-state index in [0.29, 0.717) is 5.13 Å². The van der Waals surface area contributed by atoms with Crippen LogP contribution in [-0.4, -0.2) is 33.8 Å². The van der Waals surface area contributed by atoms with E-state index >= 15 is 0 Å². The number of benzene rings is 1. The van der Waals surface area contributed by atoms with Crippen LogP contribution in [-0.2, 0) is 20.9 Å². The maximum atomic E-state index is 12.4. The normalized spacial score (nSPS) is 16.8. The Hall–Kier alpha value is -2.74. The summed E-state index contributed by atoms with van der Waals surface area (Å²) in [6.07, 6.45) is -0.396. The van der Waals surface area contributed by atoms with Crippen LogP contribution in [0.5, 0.6) is 0 Å². The van der Waals surface area contributed by atoms with Crippen molar-refractivity contribution < 1.29 is 19.1 Å². The highest BCUT2D eigenvalue weighted by atomic mass is 32.1. The van der Waals surface area contributed by atoms with Crippen molar-refractivity contribution in [1.82, 2.24) is 9.88 Å². The Kier molecular flexibility index (Phi) is 5.08. The molecule has 1 fully saturated rings. The van der Waals surface area contributed by atoms with Crippen LogP contribution in [0.15, 0.2) is 35.7 Å². The average molecular weight is 359 g/mol. The number of aromatic nitrogens is 1. The van der Waals surface area contributed by atoms with E-state index in [-0.39, 0.29) is 19.4 Å². The van der Waals surface area contributed by atoms with Crippen LogP contribution in [0.2, 0.25) is 0 Å². The van der Waals surface area contributed by atoms with Crippen LogP contribution < -0.4 is 5.32 Å². The van der Waals surface area contributed by atoms with E-state index in [4.69, 9.17) is 4.74 Å². The second-order valence-corrected chi connectivity index (χ2v) is 6.50. The van der Waals surface area contributed by atoms with E-state index in [1.54, 1.807) is 5.38 Å².